The highest BCUT2D eigenvalue weighted by Gasteiger charge is 2.03. The van der Waals surface area contributed by atoms with Crippen molar-refractivity contribution in [2.75, 3.05) is 0 Å². The summed E-state index contributed by atoms with van der Waals surface area (Å²) in [5.74, 6) is -0.344. The summed E-state index contributed by atoms with van der Waals surface area (Å²) >= 11 is 0. The Morgan fingerprint density at radius 1 is 1.23 bits per heavy atom. The highest BCUT2D eigenvalue weighted by molar-refractivity contribution is 5.22. The van der Waals surface area contributed by atoms with E-state index in [1.54, 1.807) is 0 Å². The summed E-state index contributed by atoms with van der Waals surface area (Å²) in [7, 11) is 0. The van der Waals surface area contributed by atoms with Crippen LogP contribution in [-0.4, -0.2) is 10.2 Å². The second kappa shape index (κ2) is 3.39. The number of nitrogens with zero attached hydrogens (tertiary/aromatic N) is 1. The zero-order valence-electron chi connectivity index (χ0n) is 7.00. The Morgan fingerprint density at radius 2 is 2.00 bits per heavy atom. The number of aromatic nitrogens is 2. The Kier molecular flexibility index (Phi) is 2.08. The first-order valence-corrected chi connectivity index (χ1v) is 4.08. The van der Waals surface area contributed by atoms with Gasteiger partial charge in [-0.3, -0.25) is 5.10 Å². The van der Waals surface area contributed by atoms with Gasteiger partial charge in [-0.15, -0.1) is 0 Å². The third kappa shape index (κ3) is 1.75. The fourth-order valence-corrected chi connectivity index (χ4v) is 1.23. The average Bonchev–Trinajstić information content (AvgIpc) is 2.54. The highest BCUT2D eigenvalue weighted by Crippen LogP contribution is 2.09. The first-order valence-electron chi connectivity index (χ1n) is 4.08. The topological polar surface area (TPSA) is 28.7 Å². The normalized spacial score (nSPS) is 10.2. The Labute approximate surface area is 75.4 Å². The predicted octanol–water partition coefficient (Wildman–Crippen LogP) is 2.14. The molecule has 0 saturated heterocycles. The average molecular weight is 176 g/mol. The first-order chi connectivity index (χ1) is 6.36. The maximum Gasteiger partial charge on any atom is 0.212 e. The van der Waals surface area contributed by atoms with Crippen LogP contribution in [0.5, 0.6) is 0 Å². The number of hydrogen-bond acceptors (Lipinski definition) is 1. The Morgan fingerprint density at radius 3 is 2.62 bits per heavy atom. The van der Waals surface area contributed by atoms with Gasteiger partial charge in [-0.2, -0.15) is 9.49 Å². The molecule has 0 unspecified atom stereocenters. The van der Waals surface area contributed by atoms with Gasteiger partial charge in [0.15, 0.2) is 0 Å². The number of benzene rings is 1. The van der Waals surface area contributed by atoms with Crippen molar-refractivity contribution in [3.8, 4) is 0 Å². The van der Waals surface area contributed by atoms with Crippen LogP contribution in [0.15, 0.2) is 36.5 Å². The molecule has 2 aromatic rings. The molecule has 1 aromatic carbocycles. The summed E-state index contributed by atoms with van der Waals surface area (Å²) in [4.78, 5) is 0. The van der Waals surface area contributed by atoms with E-state index in [4.69, 9.17) is 0 Å². The van der Waals surface area contributed by atoms with Gasteiger partial charge < -0.3 is 0 Å². The van der Waals surface area contributed by atoms with Gasteiger partial charge in [0.25, 0.3) is 0 Å². The molecule has 0 radical (unpaired) electrons. The van der Waals surface area contributed by atoms with Crippen LogP contribution < -0.4 is 0 Å². The van der Waals surface area contributed by atoms with Gasteiger partial charge in [0.1, 0.15) is 0 Å². The van der Waals surface area contributed by atoms with Crippen molar-refractivity contribution < 1.29 is 4.39 Å². The van der Waals surface area contributed by atoms with Crippen LogP contribution in [0, 0.1) is 5.95 Å². The molecule has 0 fully saturated rings. The molecule has 0 aliphatic heterocycles. The molecular weight excluding hydrogens is 167 g/mol. The van der Waals surface area contributed by atoms with Gasteiger partial charge in [-0.05, 0) is 5.56 Å². The summed E-state index contributed by atoms with van der Waals surface area (Å²) in [6.07, 6.45) is 2.10. The number of rotatable bonds is 2. The van der Waals surface area contributed by atoms with E-state index in [2.05, 4.69) is 10.2 Å². The summed E-state index contributed by atoms with van der Waals surface area (Å²) in [5, 5.41) is 5.89. The fourth-order valence-electron chi connectivity index (χ4n) is 1.23. The number of nitrogens with one attached hydrogen (secondary N) is 1. The van der Waals surface area contributed by atoms with Crippen molar-refractivity contribution in [3.63, 3.8) is 0 Å². The summed E-state index contributed by atoms with van der Waals surface area (Å²) in [6.45, 7) is 0. The monoisotopic (exact) mass is 176 g/mol. The lowest BCUT2D eigenvalue weighted by Gasteiger charge is -1.96. The smallest absolute Gasteiger partial charge is 0.212 e. The molecule has 0 bridgehead atoms. The highest BCUT2D eigenvalue weighted by atomic mass is 19.1. The number of H-pyrrole nitrogens is 1. The van der Waals surface area contributed by atoms with E-state index in [0.29, 0.717) is 12.0 Å². The molecule has 2 nitrogen and oxygen atoms in total. The Balaban J connectivity index is 2.20. The van der Waals surface area contributed by atoms with Crippen molar-refractivity contribution >= 4 is 0 Å². The molecule has 0 aliphatic rings. The molecule has 0 spiro atoms. The van der Waals surface area contributed by atoms with E-state index in [1.165, 1.54) is 6.20 Å². The molecule has 2 rings (SSSR count). The molecule has 1 N–H and O–H groups in total. The lowest BCUT2D eigenvalue weighted by Crippen LogP contribution is -1.88. The molecule has 66 valence electrons. The molecule has 0 amide bonds. The van der Waals surface area contributed by atoms with Crippen LogP contribution in [0.4, 0.5) is 4.39 Å². The van der Waals surface area contributed by atoms with Crippen molar-refractivity contribution in [2.45, 2.75) is 6.42 Å². The Hall–Kier alpha value is -1.64. The summed E-state index contributed by atoms with van der Waals surface area (Å²) in [6, 6.07) is 9.74. The Bertz CT molecular complexity index is 381. The standard InChI is InChI=1S/C10H9FN2/c11-10-9(7-12-13-10)6-8-4-2-1-3-5-8/h1-5,7H,6H2,(H,12,13). The third-order valence-electron chi connectivity index (χ3n) is 1.90. The predicted molar refractivity (Wildman–Crippen MR) is 47.8 cm³/mol. The van der Waals surface area contributed by atoms with Gasteiger partial charge in [-0.25, -0.2) is 0 Å². The molecule has 1 aromatic heterocycles. The minimum Gasteiger partial charge on any atom is -0.253 e. The van der Waals surface area contributed by atoms with Crippen LogP contribution in [0.3, 0.4) is 0 Å². The zero-order valence-corrected chi connectivity index (χ0v) is 7.00. The number of halogens is 1. The molecule has 3 heteroatoms. The van der Waals surface area contributed by atoms with Crippen LogP contribution in [-0.2, 0) is 6.42 Å². The van der Waals surface area contributed by atoms with Crippen molar-refractivity contribution in [1.82, 2.24) is 10.2 Å². The minimum atomic E-state index is -0.344. The van der Waals surface area contributed by atoms with Crippen LogP contribution in [0.2, 0.25) is 0 Å². The van der Waals surface area contributed by atoms with E-state index in [0.717, 1.165) is 5.56 Å². The van der Waals surface area contributed by atoms with Gasteiger partial charge in [0.05, 0.1) is 6.20 Å². The van der Waals surface area contributed by atoms with E-state index in [9.17, 15) is 4.39 Å². The zero-order chi connectivity index (χ0) is 9.10. The van der Waals surface area contributed by atoms with E-state index in [1.807, 2.05) is 30.3 Å². The SMILES string of the molecule is Fc1[nH]ncc1Cc1ccccc1. The number of hydrogen-bond donors (Lipinski definition) is 1. The number of aromatic amines is 1. The molecule has 0 saturated carbocycles. The van der Waals surface area contributed by atoms with Gasteiger partial charge in [0.2, 0.25) is 5.95 Å². The fraction of sp³-hybridized carbons (Fsp3) is 0.100. The molecule has 0 aliphatic carbocycles. The quantitative estimate of drug-likeness (QED) is 0.746. The van der Waals surface area contributed by atoms with Crippen molar-refractivity contribution in [3.05, 3.63) is 53.6 Å². The van der Waals surface area contributed by atoms with E-state index in [-0.39, 0.29) is 5.95 Å². The lowest BCUT2D eigenvalue weighted by molar-refractivity contribution is 0.569. The lowest BCUT2D eigenvalue weighted by atomic mass is 10.1. The van der Waals surface area contributed by atoms with Crippen molar-refractivity contribution in [2.24, 2.45) is 0 Å². The maximum atomic E-state index is 12.9. The minimum absolute atomic E-state index is 0.344. The molecular formula is C10H9FN2. The van der Waals surface area contributed by atoms with Gasteiger partial charge in [0, 0.05) is 12.0 Å². The first kappa shape index (κ1) is 7.98. The summed E-state index contributed by atoms with van der Waals surface area (Å²) in [5.41, 5.74) is 1.69. The van der Waals surface area contributed by atoms with Crippen LogP contribution >= 0.6 is 0 Å². The van der Waals surface area contributed by atoms with Crippen LogP contribution in [0.1, 0.15) is 11.1 Å². The van der Waals surface area contributed by atoms with E-state index < -0.39 is 0 Å². The van der Waals surface area contributed by atoms with Crippen LogP contribution in [0.25, 0.3) is 0 Å². The second-order valence-electron chi connectivity index (χ2n) is 2.87. The molecule has 0 atom stereocenters. The summed E-state index contributed by atoms with van der Waals surface area (Å²) < 4.78 is 12.9. The second-order valence-corrected chi connectivity index (χ2v) is 2.87. The van der Waals surface area contributed by atoms with Gasteiger partial charge >= 0.3 is 0 Å². The van der Waals surface area contributed by atoms with Gasteiger partial charge in [-0.1, -0.05) is 30.3 Å². The largest absolute Gasteiger partial charge is 0.253 e. The third-order valence-corrected chi connectivity index (χ3v) is 1.90. The maximum absolute atomic E-state index is 12.9. The van der Waals surface area contributed by atoms with E-state index >= 15 is 0 Å². The molecule has 1 heterocycles. The van der Waals surface area contributed by atoms with Crippen molar-refractivity contribution in [1.29, 1.82) is 0 Å². The molecule has 13 heavy (non-hydrogen) atoms.